The van der Waals surface area contributed by atoms with Crippen molar-refractivity contribution in [2.24, 2.45) is 0 Å². The van der Waals surface area contributed by atoms with Gasteiger partial charge in [-0.25, -0.2) is 9.36 Å². The average Bonchev–Trinajstić information content (AvgIpc) is 2.65. The van der Waals surface area contributed by atoms with Crippen molar-refractivity contribution in [1.82, 2.24) is 5.32 Å². The van der Waals surface area contributed by atoms with Gasteiger partial charge in [0.05, 0.1) is 25.4 Å². The van der Waals surface area contributed by atoms with E-state index in [2.05, 4.69) is 12.2 Å². The fourth-order valence-corrected chi connectivity index (χ4v) is 3.86. The maximum absolute atomic E-state index is 12.3. The number of benzene rings is 1. The zero-order valence-corrected chi connectivity index (χ0v) is 19.2. The Balaban J connectivity index is 1.97. The molecule has 2 N–H and O–H groups in total. The molecule has 170 valence electrons. The van der Waals surface area contributed by atoms with Crippen LogP contribution in [0.3, 0.4) is 0 Å². The molecule has 1 fully saturated rings. The van der Waals surface area contributed by atoms with E-state index in [4.69, 9.17) is 18.5 Å². The van der Waals surface area contributed by atoms with E-state index in [1.165, 1.54) is 0 Å². The van der Waals surface area contributed by atoms with Gasteiger partial charge in [-0.15, -0.1) is 0 Å². The van der Waals surface area contributed by atoms with Gasteiger partial charge in [-0.1, -0.05) is 31.9 Å². The SMILES string of the molecule is CCCCCOc1ccc(CCC2(NC(=O)OC(C)(C)C)COP(=O)(O)OC2)cc1. The maximum Gasteiger partial charge on any atom is 0.472 e. The van der Waals surface area contributed by atoms with Crippen LogP contribution in [0, 0.1) is 0 Å². The Labute approximate surface area is 178 Å². The monoisotopic (exact) mass is 443 g/mol. The van der Waals surface area contributed by atoms with Crippen molar-refractivity contribution in [3.63, 3.8) is 0 Å². The van der Waals surface area contributed by atoms with Crippen LogP contribution in [0.15, 0.2) is 24.3 Å². The van der Waals surface area contributed by atoms with Gasteiger partial charge in [0.1, 0.15) is 11.4 Å². The minimum absolute atomic E-state index is 0.140. The second-order valence-corrected chi connectivity index (χ2v) is 10.1. The molecule has 1 aliphatic heterocycles. The lowest BCUT2D eigenvalue weighted by molar-refractivity contribution is 0.00160. The number of unbranched alkanes of at least 4 members (excludes halogenated alkanes) is 2. The third-order valence-corrected chi connectivity index (χ3v) is 5.52. The lowest BCUT2D eigenvalue weighted by Crippen LogP contribution is -2.57. The van der Waals surface area contributed by atoms with Gasteiger partial charge in [-0.2, -0.15) is 0 Å². The molecule has 9 heteroatoms. The van der Waals surface area contributed by atoms with Gasteiger partial charge in [0.25, 0.3) is 0 Å². The second kappa shape index (κ2) is 10.6. The minimum atomic E-state index is -4.08. The van der Waals surface area contributed by atoms with Crippen LogP contribution in [-0.4, -0.2) is 41.9 Å². The predicted molar refractivity (Wildman–Crippen MR) is 114 cm³/mol. The highest BCUT2D eigenvalue weighted by molar-refractivity contribution is 7.47. The van der Waals surface area contributed by atoms with Crippen molar-refractivity contribution in [3.05, 3.63) is 29.8 Å². The van der Waals surface area contributed by atoms with E-state index in [0.717, 1.165) is 30.6 Å². The Hall–Kier alpha value is -1.60. The molecule has 0 aromatic heterocycles. The first kappa shape index (κ1) is 24.7. The summed E-state index contributed by atoms with van der Waals surface area (Å²) < 4.78 is 32.7. The van der Waals surface area contributed by atoms with E-state index < -0.39 is 25.1 Å². The molecule has 0 saturated carbocycles. The molecule has 1 aromatic rings. The molecule has 0 spiro atoms. The molecule has 1 aromatic carbocycles. The van der Waals surface area contributed by atoms with Crippen LogP contribution in [0.2, 0.25) is 0 Å². The lowest BCUT2D eigenvalue weighted by atomic mass is 9.93. The third-order valence-electron chi connectivity index (χ3n) is 4.61. The fraction of sp³-hybridized carbons (Fsp3) is 0.667. The van der Waals surface area contributed by atoms with Crippen LogP contribution in [-0.2, 0) is 24.8 Å². The van der Waals surface area contributed by atoms with Crippen molar-refractivity contribution < 1.29 is 32.8 Å². The summed E-state index contributed by atoms with van der Waals surface area (Å²) in [5.74, 6) is 0.821. The van der Waals surface area contributed by atoms with Gasteiger partial charge in [0.15, 0.2) is 0 Å². The molecule has 2 rings (SSSR count). The third kappa shape index (κ3) is 8.64. The molecule has 8 nitrogen and oxygen atoms in total. The summed E-state index contributed by atoms with van der Waals surface area (Å²) in [6.07, 6.45) is 3.76. The molecular weight excluding hydrogens is 409 g/mol. The summed E-state index contributed by atoms with van der Waals surface area (Å²) in [6, 6.07) is 7.78. The van der Waals surface area contributed by atoms with Crippen LogP contribution < -0.4 is 10.1 Å². The average molecular weight is 443 g/mol. The highest BCUT2D eigenvalue weighted by Gasteiger charge is 2.43. The van der Waals surface area contributed by atoms with Crippen molar-refractivity contribution in [3.8, 4) is 5.75 Å². The van der Waals surface area contributed by atoms with Crippen LogP contribution in [0.1, 0.15) is 58.9 Å². The van der Waals surface area contributed by atoms with Crippen LogP contribution >= 0.6 is 7.82 Å². The van der Waals surface area contributed by atoms with E-state index in [1.807, 2.05) is 24.3 Å². The van der Waals surface area contributed by atoms with E-state index in [1.54, 1.807) is 20.8 Å². The van der Waals surface area contributed by atoms with Crippen LogP contribution in [0.5, 0.6) is 5.75 Å². The van der Waals surface area contributed by atoms with E-state index >= 15 is 0 Å². The summed E-state index contributed by atoms with van der Waals surface area (Å²) in [5, 5.41) is 2.78. The Morgan fingerprint density at radius 1 is 1.20 bits per heavy atom. The van der Waals surface area contributed by atoms with Gasteiger partial charge in [0, 0.05) is 0 Å². The van der Waals surface area contributed by atoms with E-state index in [-0.39, 0.29) is 13.2 Å². The van der Waals surface area contributed by atoms with Gasteiger partial charge in [-0.3, -0.25) is 9.05 Å². The number of alkyl carbamates (subject to hydrolysis) is 1. The number of ether oxygens (including phenoxy) is 2. The smallest absolute Gasteiger partial charge is 0.472 e. The number of carbonyl (C=O) groups is 1. The Morgan fingerprint density at radius 2 is 1.83 bits per heavy atom. The first-order valence-electron chi connectivity index (χ1n) is 10.4. The highest BCUT2D eigenvalue weighted by Crippen LogP contribution is 2.48. The van der Waals surface area contributed by atoms with Gasteiger partial charge < -0.3 is 19.7 Å². The van der Waals surface area contributed by atoms with Crippen molar-refractivity contribution in [1.29, 1.82) is 0 Å². The Kier molecular flexibility index (Phi) is 8.73. The molecule has 0 radical (unpaired) electrons. The van der Waals surface area contributed by atoms with Gasteiger partial charge in [0.2, 0.25) is 0 Å². The van der Waals surface area contributed by atoms with Crippen molar-refractivity contribution in [2.45, 2.75) is 70.9 Å². The first-order chi connectivity index (χ1) is 14.0. The molecule has 0 unspecified atom stereocenters. The number of phosphoric ester groups is 1. The van der Waals surface area contributed by atoms with Crippen molar-refractivity contribution >= 4 is 13.9 Å². The fourth-order valence-electron chi connectivity index (χ4n) is 2.97. The first-order valence-corrected chi connectivity index (χ1v) is 11.9. The van der Waals surface area contributed by atoms with Gasteiger partial charge in [-0.05, 0) is 57.7 Å². The van der Waals surface area contributed by atoms with Crippen LogP contribution in [0.25, 0.3) is 0 Å². The zero-order valence-electron chi connectivity index (χ0n) is 18.3. The summed E-state index contributed by atoms with van der Waals surface area (Å²) in [7, 11) is -4.08. The normalized spacial score (nSPS) is 24.3. The number of nitrogens with one attached hydrogen (secondary N) is 1. The summed E-state index contributed by atoms with van der Waals surface area (Å²) in [6.45, 7) is 7.87. The molecule has 1 heterocycles. The van der Waals surface area contributed by atoms with Gasteiger partial charge >= 0.3 is 13.9 Å². The molecule has 1 aliphatic rings. The summed E-state index contributed by atoms with van der Waals surface area (Å²) >= 11 is 0. The number of rotatable bonds is 9. The number of hydrogen-bond donors (Lipinski definition) is 2. The Bertz CT molecular complexity index is 718. The standard InChI is InChI=1S/C21H34NO7P/c1-5-6-7-14-26-18-10-8-17(9-11-18)12-13-21(15-27-30(24,25)28-16-21)22-19(23)29-20(2,3)4/h8-11H,5-7,12-16H2,1-4H3,(H,22,23)(H,24,25). The molecule has 0 bridgehead atoms. The number of amides is 1. The zero-order chi connectivity index (χ0) is 22.3. The topological polar surface area (TPSA) is 103 Å². The summed E-state index contributed by atoms with van der Waals surface area (Å²) in [4.78, 5) is 21.8. The largest absolute Gasteiger partial charge is 0.494 e. The molecule has 0 aliphatic carbocycles. The van der Waals surface area contributed by atoms with E-state index in [9.17, 15) is 14.3 Å². The number of carbonyl (C=O) groups excluding carboxylic acids is 1. The summed E-state index contributed by atoms with van der Waals surface area (Å²) in [5.41, 5.74) is -0.589. The highest BCUT2D eigenvalue weighted by atomic mass is 31.2. The molecular formula is C21H34NO7P. The number of hydrogen-bond acceptors (Lipinski definition) is 6. The predicted octanol–water partition coefficient (Wildman–Crippen LogP) is 4.60. The minimum Gasteiger partial charge on any atom is -0.494 e. The number of phosphoric acid groups is 1. The molecule has 1 saturated heterocycles. The van der Waals surface area contributed by atoms with Crippen LogP contribution in [0.4, 0.5) is 4.79 Å². The number of aryl methyl sites for hydroxylation is 1. The quantitative estimate of drug-likeness (QED) is 0.425. The second-order valence-electron chi connectivity index (χ2n) is 8.62. The maximum atomic E-state index is 12.3. The molecule has 30 heavy (non-hydrogen) atoms. The lowest BCUT2D eigenvalue weighted by Gasteiger charge is -2.38. The Morgan fingerprint density at radius 3 is 2.40 bits per heavy atom. The molecule has 0 atom stereocenters. The molecule has 1 amide bonds. The van der Waals surface area contributed by atoms with E-state index in [0.29, 0.717) is 19.4 Å². The van der Waals surface area contributed by atoms with Crippen molar-refractivity contribution in [2.75, 3.05) is 19.8 Å².